The molecular formula is C20H23N3O3S2. The summed E-state index contributed by atoms with van der Waals surface area (Å²) in [5.41, 5.74) is 3.40. The van der Waals surface area contributed by atoms with Gasteiger partial charge >= 0.3 is 0 Å². The molecule has 0 saturated carbocycles. The maximum absolute atomic E-state index is 12.5. The second-order valence-electron chi connectivity index (χ2n) is 6.62. The number of amides is 1. The number of sulfonamides is 1. The zero-order valence-electron chi connectivity index (χ0n) is 16.1. The Hall–Kier alpha value is -2.32. The fourth-order valence-corrected chi connectivity index (χ4v) is 5.21. The Kier molecular flexibility index (Phi) is 6.10. The van der Waals surface area contributed by atoms with Gasteiger partial charge in [-0.05, 0) is 49.6 Å². The number of amidine groups is 1. The van der Waals surface area contributed by atoms with Crippen LogP contribution in [0.5, 0.6) is 0 Å². The average Bonchev–Trinajstić information content (AvgIpc) is 2.65. The van der Waals surface area contributed by atoms with Crippen molar-refractivity contribution in [2.45, 2.75) is 32.1 Å². The highest BCUT2D eigenvalue weighted by atomic mass is 32.2. The number of nitrogens with zero attached hydrogens (tertiary/aromatic N) is 2. The third-order valence-corrected chi connectivity index (χ3v) is 6.72. The number of benzene rings is 2. The SMILES string of the molecule is CCCN1C(SCC(=O)Nc2cc(C)ccc2C)=NS(=O)(=O)c2ccccc21. The van der Waals surface area contributed by atoms with E-state index in [0.717, 1.165) is 35.0 Å². The highest BCUT2D eigenvalue weighted by Crippen LogP contribution is 2.34. The van der Waals surface area contributed by atoms with Crippen molar-refractivity contribution in [2.24, 2.45) is 4.40 Å². The molecule has 0 atom stereocenters. The molecule has 8 heteroatoms. The molecule has 148 valence electrons. The number of anilines is 2. The minimum Gasteiger partial charge on any atom is -0.325 e. The fourth-order valence-electron chi connectivity index (χ4n) is 2.93. The van der Waals surface area contributed by atoms with Gasteiger partial charge in [-0.15, -0.1) is 4.40 Å². The molecule has 6 nitrogen and oxygen atoms in total. The molecule has 0 saturated heterocycles. The first kappa shape index (κ1) is 20.4. The molecule has 0 unspecified atom stereocenters. The van der Waals surface area contributed by atoms with E-state index >= 15 is 0 Å². The van der Waals surface area contributed by atoms with E-state index in [-0.39, 0.29) is 16.6 Å². The van der Waals surface area contributed by atoms with Gasteiger partial charge in [0.25, 0.3) is 10.0 Å². The highest BCUT2D eigenvalue weighted by molar-refractivity contribution is 8.15. The van der Waals surface area contributed by atoms with Gasteiger partial charge in [-0.2, -0.15) is 8.42 Å². The van der Waals surface area contributed by atoms with E-state index < -0.39 is 10.0 Å². The number of hydrogen-bond acceptors (Lipinski definition) is 5. The number of aryl methyl sites for hydroxylation is 2. The zero-order chi connectivity index (χ0) is 20.3. The van der Waals surface area contributed by atoms with Gasteiger partial charge in [-0.1, -0.05) is 43.0 Å². The van der Waals surface area contributed by atoms with E-state index in [9.17, 15) is 13.2 Å². The van der Waals surface area contributed by atoms with E-state index in [1.165, 1.54) is 0 Å². The summed E-state index contributed by atoms with van der Waals surface area (Å²) < 4.78 is 29.0. The standard InChI is InChI=1S/C20H23N3O3S2/c1-4-11-23-17-7-5-6-8-18(17)28(25,26)22-20(23)27-13-19(24)21-16-12-14(2)9-10-15(16)3/h5-10,12H,4,11,13H2,1-3H3,(H,21,24). The van der Waals surface area contributed by atoms with Crippen LogP contribution >= 0.6 is 11.8 Å². The summed E-state index contributed by atoms with van der Waals surface area (Å²) in [5.74, 6) is -0.126. The first-order valence-electron chi connectivity index (χ1n) is 9.03. The van der Waals surface area contributed by atoms with E-state index in [1.54, 1.807) is 24.3 Å². The van der Waals surface area contributed by atoms with Gasteiger partial charge < -0.3 is 10.2 Å². The number of hydrogen-bond donors (Lipinski definition) is 1. The maximum atomic E-state index is 12.5. The highest BCUT2D eigenvalue weighted by Gasteiger charge is 2.30. The molecule has 0 radical (unpaired) electrons. The van der Waals surface area contributed by atoms with Crippen LogP contribution in [0.2, 0.25) is 0 Å². The van der Waals surface area contributed by atoms with E-state index in [2.05, 4.69) is 9.71 Å². The molecule has 2 aromatic carbocycles. The lowest BCUT2D eigenvalue weighted by Gasteiger charge is -2.29. The summed E-state index contributed by atoms with van der Waals surface area (Å²) in [4.78, 5) is 14.5. The number of carbonyl (C=O) groups excluding carboxylic acids is 1. The van der Waals surface area contributed by atoms with Gasteiger partial charge in [0.15, 0.2) is 5.17 Å². The summed E-state index contributed by atoms with van der Waals surface area (Å²) in [6.45, 7) is 6.53. The number of rotatable bonds is 5. The van der Waals surface area contributed by atoms with Crippen molar-refractivity contribution in [1.82, 2.24) is 0 Å². The van der Waals surface area contributed by atoms with Crippen LogP contribution < -0.4 is 10.2 Å². The van der Waals surface area contributed by atoms with Gasteiger partial charge in [0.05, 0.1) is 11.4 Å². The summed E-state index contributed by atoms with van der Waals surface area (Å²) in [7, 11) is -3.77. The molecule has 1 aliphatic rings. The van der Waals surface area contributed by atoms with Crippen LogP contribution in [0.4, 0.5) is 11.4 Å². The van der Waals surface area contributed by atoms with Crippen LogP contribution in [-0.2, 0) is 14.8 Å². The first-order valence-corrected chi connectivity index (χ1v) is 11.5. The molecule has 1 N–H and O–H groups in total. The van der Waals surface area contributed by atoms with Gasteiger partial charge in [0, 0.05) is 12.2 Å². The van der Waals surface area contributed by atoms with Gasteiger partial charge in [0.2, 0.25) is 5.91 Å². The summed E-state index contributed by atoms with van der Waals surface area (Å²) >= 11 is 1.13. The van der Waals surface area contributed by atoms with Crippen LogP contribution in [0.25, 0.3) is 0 Å². The van der Waals surface area contributed by atoms with Gasteiger partial charge in [0.1, 0.15) is 4.90 Å². The number of para-hydroxylation sites is 1. The Morgan fingerprint density at radius 1 is 1.18 bits per heavy atom. The lowest BCUT2D eigenvalue weighted by atomic mass is 10.1. The smallest absolute Gasteiger partial charge is 0.286 e. The normalized spacial score (nSPS) is 15.0. The predicted molar refractivity (Wildman–Crippen MR) is 116 cm³/mol. The lowest BCUT2D eigenvalue weighted by Crippen LogP contribution is -2.35. The molecule has 0 aliphatic carbocycles. The van der Waals surface area contributed by atoms with E-state index in [1.807, 2.05) is 43.9 Å². The summed E-state index contributed by atoms with van der Waals surface area (Å²) in [6, 6.07) is 12.7. The second kappa shape index (κ2) is 8.36. The Labute approximate surface area is 170 Å². The summed E-state index contributed by atoms with van der Waals surface area (Å²) in [5, 5.41) is 3.22. The third kappa shape index (κ3) is 4.39. The third-order valence-electron chi connectivity index (χ3n) is 4.31. The largest absolute Gasteiger partial charge is 0.325 e. The minimum absolute atomic E-state index is 0.0735. The monoisotopic (exact) mass is 417 g/mol. The van der Waals surface area contributed by atoms with Crippen LogP contribution in [0, 0.1) is 13.8 Å². The molecule has 3 rings (SSSR count). The Morgan fingerprint density at radius 3 is 2.68 bits per heavy atom. The van der Waals surface area contributed by atoms with Crippen molar-refractivity contribution >= 4 is 44.2 Å². The Bertz CT molecular complexity index is 1030. The lowest BCUT2D eigenvalue weighted by molar-refractivity contribution is -0.113. The van der Waals surface area contributed by atoms with Crippen molar-refractivity contribution in [3.63, 3.8) is 0 Å². The van der Waals surface area contributed by atoms with Crippen molar-refractivity contribution in [1.29, 1.82) is 0 Å². The molecule has 0 aromatic heterocycles. The number of fused-ring (bicyclic) bond motifs is 1. The maximum Gasteiger partial charge on any atom is 0.286 e. The number of carbonyl (C=O) groups is 1. The minimum atomic E-state index is -3.77. The molecular weight excluding hydrogens is 394 g/mol. The Morgan fingerprint density at radius 2 is 1.93 bits per heavy atom. The van der Waals surface area contributed by atoms with Crippen LogP contribution in [0.3, 0.4) is 0 Å². The van der Waals surface area contributed by atoms with Gasteiger partial charge in [-0.25, -0.2) is 0 Å². The van der Waals surface area contributed by atoms with Crippen LogP contribution in [-0.4, -0.2) is 31.8 Å². The molecule has 0 bridgehead atoms. The van der Waals surface area contributed by atoms with Gasteiger partial charge in [-0.3, -0.25) is 4.79 Å². The van der Waals surface area contributed by atoms with Crippen LogP contribution in [0.15, 0.2) is 51.8 Å². The quantitative estimate of drug-likeness (QED) is 0.797. The molecule has 2 aromatic rings. The topological polar surface area (TPSA) is 78.8 Å². The second-order valence-corrected chi connectivity index (χ2v) is 9.14. The van der Waals surface area contributed by atoms with Crippen molar-refractivity contribution < 1.29 is 13.2 Å². The molecule has 0 fully saturated rings. The first-order chi connectivity index (χ1) is 13.3. The number of nitrogens with one attached hydrogen (secondary N) is 1. The van der Waals surface area contributed by atoms with Crippen molar-refractivity contribution in [3.05, 3.63) is 53.6 Å². The molecule has 28 heavy (non-hydrogen) atoms. The number of thioether (sulfide) groups is 1. The molecule has 0 spiro atoms. The molecule has 1 amide bonds. The van der Waals surface area contributed by atoms with Crippen LogP contribution in [0.1, 0.15) is 24.5 Å². The van der Waals surface area contributed by atoms with E-state index in [4.69, 9.17) is 0 Å². The van der Waals surface area contributed by atoms with Crippen molar-refractivity contribution in [3.8, 4) is 0 Å². The van der Waals surface area contributed by atoms with E-state index in [0.29, 0.717) is 17.4 Å². The Balaban J connectivity index is 1.78. The molecule has 1 aliphatic heterocycles. The molecule has 1 heterocycles. The fraction of sp³-hybridized carbons (Fsp3) is 0.300. The summed E-state index contributed by atoms with van der Waals surface area (Å²) in [6.07, 6.45) is 0.822. The predicted octanol–water partition coefficient (Wildman–Crippen LogP) is 3.95. The zero-order valence-corrected chi connectivity index (χ0v) is 17.7. The average molecular weight is 418 g/mol. The van der Waals surface area contributed by atoms with Crippen molar-refractivity contribution in [2.75, 3.05) is 22.5 Å².